The second-order valence-corrected chi connectivity index (χ2v) is 4.94. The lowest BCUT2D eigenvalue weighted by atomic mass is 9.98. The van der Waals surface area contributed by atoms with Crippen LogP contribution in [0.15, 0.2) is 24.3 Å². The fourth-order valence-corrected chi connectivity index (χ4v) is 2.44. The third-order valence-electron chi connectivity index (χ3n) is 3.46. The molecule has 0 aliphatic carbocycles. The summed E-state index contributed by atoms with van der Waals surface area (Å²) in [6, 6.07) is 8.11. The number of anilines is 1. The summed E-state index contributed by atoms with van der Waals surface area (Å²) in [6.07, 6.45) is 4.20. The highest BCUT2D eigenvalue weighted by molar-refractivity contribution is 5.93. The smallest absolute Gasteiger partial charge is 0.228 e. The molecule has 0 aromatic heterocycles. The Morgan fingerprint density at radius 2 is 2.28 bits per heavy atom. The Morgan fingerprint density at radius 1 is 1.44 bits per heavy atom. The van der Waals surface area contributed by atoms with E-state index in [1.165, 1.54) is 5.56 Å². The molecule has 1 aromatic rings. The molecule has 0 spiro atoms. The van der Waals surface area contributed by atoms with E-state index in [4.69, 9.17) is 0 Å². The number of piperidine rings is 1. The number of carbonyl (C=O) groups is 1. The molecule has 1 atom stereocenters. The largest absolute Gasteiger partial charge is 0.326 e. The van der Waals surface area contributed by atoms with E-state index in [9.17, 15) is 4.79 Å². The van der Waals surface area contributed by atoms with Gasteiger partial charge in [-0.15, -0.1) is 0 Å². The molecule has 1 fully saturated rings. The van der Waals surface area contributed by atoms with E-state index in [2.05, 4.69) is 23.6 Å². The predicted molar refractivity (Wildman–Crippen MR) is 74.7 cm³/mol. The first-order valence-electron chi connectivity index (χ1n) is 6.90. The van der Waals surface area contributed by atoms with Crippen LogP contribution in [-0.2, 0) is 11.2 Å². The molecule has 1 heterocycles. The number of nitrogens with one attached hydrogen (secondary N) is 2. The van der Waals surface area contributed by atoms with Crippen LogP contribution in [0.2, 0.25) is 0 Å². The Balaban J connectivity index is 2.01. The van der Waals surface area contributed by atoms with Gasteiger partial charge in [0.05, 0.1) is 5.92 Å². The Hall–Kier alpha value is -1.35. The highest BCUT2D eigenvalue weighted by Gasteiger charge is 2.21. The number of rotatable bonds is 4. The lowest BCUT2D eigenvalue weighted by Crippen LogP contribution is -2.37. The highest BCUT2D eigenvalue weighted by atomic mass is 16.1. The molecule has 98 valence electrons. The topological polar surface area (TPSA) is 41.1 Å². The molecule has 1 aromatic carbocycles. The Labute approximate surface area is 109 Å². The van der Waals surface area contributed by atoms with Crippen molar-refractivity contribution >= 4 is 11.6 Å². The van der Waals surface area contributed by atoms with Crippen LogP contribution in [0.25, 0.3) is 0 Å². The van der Waals surface area contributed by atoms with Gasteiger partial charge in [-0.3, -0.25) is 4.79 Å². The number of hydrogen-bond acceptors (Lipinski definition) is 2. The van der Waals surface area contributed by atoms with Crippen LogP contribution in [0, 0.1) is 5.92 Å². The van der Waals surface area contributed by atoms with E-state index in [0.717, 1.165) is 44.5 Å². The fourth-order valence-electron chi connectivity index (χ4n) is 2.44. The molecule has 3 nitrogen and oxygen atoms in total. The van der Waals surface area contributed by atoms with Gasteiger partial charge in [0.2, 0.25) is 5.91 Å². The van der Waals surface area contributed by atoms with Gasteiger partial charge >= 0.3 is 0 Å². The zero-order valence-corrected chi connectivity index (χ0v) is 11.0. The fraction of sp³-hybridized carbons (Fsp3) is 0.533. The van der Waals surface area contributed by atoms with Crippen molar-refractivity contribution in [2.75, 3.05) is 18.4 Å². The Bertz CT molecular complexity index is 397. The minimum atomic E-state index is 0.119. The van der Waals surface area contributed by atoms with Crippen LogP contribution >= 0.6 is 0 Å². The first kappa shape index (κ1) is 13.1. The molecule has 2 N–H and O–H groups in total. The molecule has 1 aliphatic rings. The summed E-state index contributed by atoms with van der Waals surface area (Å²) in [4.78, 5) is 12.2. The van der Waals surface area contributed by atoms with Gasteiger partial charge in [0.25, 0.3) is 0 Å². The molecule has 1 amide bonds. The summed E-state index contributed by atoms with van der Waals surface area (Å²) in [7, 11) is 0. The zero-order valence-electron chi connectivity index (χ0n) is 11.0. The standard InChI is InChI=1S/C15H22N2O/c1-2-6-12-7-3-4-9-14(12)17-15(18)13-8-5-10-16-11-13/h3-4,7,9,13,16H,2,5-6,8,10-11H2,1H3,(H,17,18). The average molecular weight is 246 g/mol. The van der Waals surface area contributed by atoms with Gasteiger partial charge in [-0.05, 0) is 37.4 Å². The zero-order chi connectivity index (χ0) is 12.8. The van der Waals surface area contributed by atoms with E-state index < -0.39 is 0 Å². The molecule has 1 unspecified atom stereocenters. The van der Waals surface area contributed by atoms with Crippen molar-refractivity contribution in [3.63, 3.8) is 0 Å². The van der Waals surface area contributed by atoms with Crippen LogP contribution in [0.4, 0.5) is 5.69 Å². The molecule has 0 bridgehead atoms. The summed E-state index contributed by atoms with van der Waals surface area (Å²) in [6.45, 7) is 4.00. The van der Waals surface area contributed by atoms with Crippen molar-refractivity contribution in [2.24, 2.45) is 5.92 Å². The van der Waals surface area contributed by atoms with Gasteiger partial charge in [0, 0.05) is 12.2 Å². The van der Waals surface area contributed by atoms with Crippen LogP contribution in [0.1, 0.15) is 31.7 Å². The molecule has 1 aliphatic heterocycles. The summed E-state index contributed by atoms with van der Waals surface area (Å²) in [5, 5.41) is 6.37. The van der Waals surface area contributed by atoms with Crippen LogP contribution in [-0.4, -0.2) is 19.0 Å². The van der Waals surface area contributed by atoms with Crippen molar-refractivity contribution < 1.29 is 4.79 Å². The summed E-state index contributed by atoms with van der Waals surface area (Å²) < 4.78 is 0. The van der Waals surface area contributed by atoms with Crippen molar-refractivity contribution in [2.45, 2.75) is 32.6 Å². The van der Waals surface area contributed by atoms with Crippen molar-refractivity contribution in [1.82, 2.24) is 5.32 Å². The Kier molecular flexibility index (Phi) is 4.76. The molecular weight excluding hydrogens is 224 g/mol. The third kappa shape index (κ3) is 3.33. The number of hydrogen-bond donors (Lipinski definition) is 2. The molecular formula is C15H22N2O. The van der Waals surface area contributed by atoms with Crippen LogP contribution in [0.3, 0.4) is 0 Å². The average Bonchev–Trinajstić information content (AvgIpc) is 2.42. The number of benzene rings is 1. The van der Waals surface area contributed by atoms with Gasteiger partial charge in [-0.1, -0.05) is 31.5 Å². The van der Waals surface area contributed by atoms with Gasteiger partial charge < -0.3 is 10.6 Å². The number of carbonyl (C=O) groups excluding carboxylic acids is 1. The van der Waals surface area contributed by atoms with E-state index >= 15 is 0 Å². The number of aryl methyl sites for hydroxylation is 1. The predicted octanol–water partition coefficient (Wildman–Crippen LogP) is 2.58. The maximum atomic E-state index is 12.2. The van der Waals surface area contributed by atoms with Crippen LogP contribution in [0.5, 0.6) is 0 Å². The highest BCUT2D eigenvalue weighted by Crippen LogP contribution is 2.19. The van der Waals surface area contributed by atoms with E-state index in [1.807, 2.05) is 18.2 Å². The normalized spacial score (nSPS) is 19.5. The van der Waals surface area contributed by atoms with Crippen molar-refractivity contribution in [1.29, 1.82) is 0 Å². The van der Waals surface area contributed by atoms with E-state index in [0.29, 0.717) is 0 Å². The van der Waals surface area contributed by atoms with Gasteiger partial charge in [-0.2, -0.15) is 0 Å². The lowest BCUT2D eigenvalue weighted by molar-refractivity contribution is -0.120. The van der Waals surface area contributed by atoms with Gasteiger partial charge in [-0.25, -0.2) is 0 Å². The first-order valence-corrected chi connectivity index (χ1v) is 6.90. The van der Waals surface area contributed by atoms with Gasteiger partial charge in [0.15, 0.2) is 0 Å². The number of para-hydroxylation sites is 1. The lowest BCUT2D eigenvalue weighted by Gasteiger charge is -2.22. The molecule has 18 heavy (non-hydrogen) atoms. The Morgan fingerprint density at radius 3 is 3.00 bits per heavy atom. The first-order chi connectivity index (χ1) is 8.81. The summed E-state index contributed by atoms with van der Waals surface area (Å²) in [5.41, 5.74) is 2.21. The number of amides is 1. The molecule has 0 saturated carbocycles. The summed E-state index contributed by atoms with van der Waals surface area (Å²) >= 11 is 0. The van der Waals surface area contributed by atoms with Crippen molar-refractivity contribution in [3.05, 3.63) is 29.8 Å². The van der Waals surface area contributed by atoms with E-state index in [-0.39, 0.29) is 11.8 Å². The molecule has 1 saturated heterocycles. The minimum absolute atomic E-state index is 0.119. The third-order valence-corrected chi connectivity index (χ3v) is 3.46. The molecule has 2 rings (SSSR count). The van der Waals surface area contributed by atoms with Crippen LogP contribution < -0.4 is 10.6 Å². The monoisotopic (exact) mass is 246 g/mol. The second kappa shape index (κ2) is 6.55. The minimum Gasteiger partial charge on any atom is -0.326 e. The molecule has 0 radical (unpaired) electrons. The SMILES string of the molecule is CCCc1ccccc1NC(=O)C1CCCNC1. The van der Waals surface area contributed by atoms with Crippen molar-refractivity contribution in [3.8, 4) is 0 Å². The van der Waals surface area contributed by atoms with E-state index in [1.54, 1.807) is 0 Å². The molecule has 3 heteroatoms. The summed E-state index contributed by atoms with van der Waals surface area (Å²) in [5.74, 6) is 0.277. The van der Waals surface area contributed by atoms with Gasteiger partial charge in [0.1, 0.15) is 0 Å². The maximum absolute atomic E-state index is 12.2. The second-order valence-electron chi connectivity index (χ2n) is 4.94. The quantitative estimate of drug-likeness (QED) is 0.857. The maximum Gasteiger partial charge on any atom is 0.228 e.